The van der Waals surface area contributed by atoms with Crippen molar-refractivity contribution in [2.24, 2.45) is 5.73 Å². The summed E-state index contributed by atoms with van der Waals surface area (Å²) in [5.41, 5.74) is 10.6. The molecule has 1 aliphatic carbocycles. The predicted octanol–water partition coefficient (Wildman–Crippen LogP) is 3.31. The maximum Gasteiger partial charge on any atom is 0.0596 e. The first-order valence-electron chi connectivity index (χ1n) is 7.68. The van der Waals surface area contributed by atoms with E-state index in [0.29, 0.717) is 6.10 Å². The van der Waals surface area contributed by atoms with Gasteiger partial charge in [-0.3, -0.25) is 0 Å². The molecule has 2 heteroatoms. The Hall–Kier alpha value is -0.860. The molecule has 1 fully saturated rings. The van der Waals surface area contributed by atoms with Gasteiger partial charge in [0.25, 0.3) is 0 Å². The summed E-state index contributed by atoms with van der Waals surface area (Å²) in [5, 5.41) is 0. The number of rotatable bonds is 3. The van der Waals surface area contributed by atoms with E-state index in [4.69, 9.17) is 10.5 Å². The highest BCUT2D eigenvalue weighted by atomic mass is 16.5. The number of aryl methyl sites for hydroxylation is 2. The van der Waals surface area contributed by atoms with Gasteiger partial charge in [0.15, 0.2) is 0 Å². The van der Waals surface area contributed by atoms with Crippen molar-refractivity contribution in [1.82, 2.24) is 0 Å². The van der Waals surface area contributed by atoms with Crippen LogP contribution in [0, 0.1) is 0 Å². The highest BCUT2D eigenvalue weighted by Gasteiger charge is 2.29. The molecule has 1 aromatic rings. The third-order valence-corrected chi connectivity index (χ3v) is 4.68. The fourth-order valence-corrected chi connectivity index (χ4v) is 3.48. The normalized spacial score (nSPS) is 25.9. The minimum atomic E-state index is -0.262. The standard InChI is InChI=1S/C17H25NO/c1-17(18,12-16-7-4-10-19-16)15-9-8-13-5-2-3-6-14(13)11-15/h8-9,11,16H,2-7,10,12,18H2,1H3. The zero-order valence-electron chi connectivity index (χ0n) is 12.0. The largest absolute Gasteiger partial charge is 0.378 e. The van der Waals surface area contributed by atoms with Crippen molar-refractivity contribution >= 4 is 0 Å². The third kappa shape index (κ3) is 2.85. The van der Waals surface area contributed by atoms with Crippen molar-refractivity contribution in [1.29, 1.82) is 0 Å². The number of hydrogen-bond donors (Lipinski definition) is 1. The lowest BCUT2D eigenvalue weighted by Crippen LogP contribution is -2.37. The van der Waals surface area contributed by atoms with Crippen molar-refractivity contribution in [2.75, 3.05) is 6.61 Å². The maximum absolute atomic E-state index is 6.57. The lowest BCUT2D eigenvalue weighted by molar-refractivity contribution is 0.0856. The van der Waals surface area contributed by atoms with Crippen molar-refractivity contribution in [3.8, 4) is 0 Å². The maximum atomic E-state index is 6.57. The van der Waals surface area contributed by atoms with Crippen LogP contribution in [-0.2, 0) is 23.1 Å². The fourth-order valence-electron chi connectivity index (χ4n) is 3.48. The number of hydrogen-bond acceptors (Lipinski definition) is 2. The molecule has 0 bridgehead atoms. The first-order valence-corrected chi connectivity index (χ1v) is 7.68. The Morgan fingerprint density at radius 1 is 1.21 bits per heavy atom. The van der Waals surface area contributed by atoms with Crippen molar-refractivity contribution in [3.63, 3.8) is 0 Å². The molecule has 0 amide bonds. The van der Waals surface area contributed by atoms with Gasteiger partial charge in [-0.25, -0.2) is 0 Å². The van der Waals surface area contributed by atoms with Gasteiger partial charge < -0.3 is 10.5 Å². The molecule has 1 aromatic carbocycles. The van der Waals surface area contributed by atoms with E-state index < -0.39 is 0 Å². The van der Waals surface area contributed by atoms with E-state index in [1.165, 1.54) is 48.8 Å². The molecule has 104 valence electrons. The molecule has 0 spiro atoms. The Morgan fingerprint density at radius 3 is 2.74 bits per heavy atom. The van der Waals surface area contributed by atoms with Gasteiger partial charge in [-0.15, -0.1) is 0 Å². The van der Waals surface area contributed by atoms with E-state index >= 15 is 0 Å². The lowest BCUT2D eigenvalue weighted by atomic mass is 9.82. The van der Waals surface area contributed by atoms with Gasteiger partial charge in [-0.05, 0) is 68.6 Å². The van der Waals surface area contributed by atoms with E-state index in [1.54, 1.807) is 0 Å². The fraction of sp³-hybridized carbons (Fsp3) is 0.647. The number of nitrogens with two attached hydrogens (primary N) is 1. The molecular formula is C17H25NO. The smallest absolute Gasteiger partial charge is 0.0596 e. The molecule has 19 heavy (non-hydrogen) atoms. The van der Waals surface area contributed by atoms with Gasteiger partial charge >= 0.3 is 0 Å². The van der Waals surface area contributed by atoms with Crippen LogP contribution in [0.3, 0.4) is 0 Å². The average molecular weight is 259 g/mol. The van der Waals surface area contributed by atoms with Crippen LogP contribution < -0.4 is 5.73 Å². The Balaban J connectivity index is 1.79. The molecule has 2 unspecified atom stereocenters. The predicted molar refractivity (Wildman–Crippen MR) is 78.2 cm³/mol. The summed E-state index contributed by atoms with van der Waals surface area (Å²) in [6, 6.07) is 6.88. The molecule has 1 saturated heterocycles. The van der Waals surface area contributed by atoms with Crippen LogP contribution in [0.25, 0.3) is 0 Å². The third-order valence-electron chi connectivity index (χ3n) is 4.68. The molecule has 2 N–H and O–H groups in total. The molecule has 0 aromatic heterocycles. The van der Waals surface area contributed by atoms with E-state index in [-0.39, 0.29) is 5.54 Å². The first kappa shape index (κ1) is 13.1. The van der Waals surface area contributed by atoms with Gasteiger partial charge in [0.05, 0.1) is 6.10 Å². The summed E-state index contributed by atoms with van der Waals surface area (Å²) >= 11 is 0. The van der Waals surface area contributed by atoms with Crippen LogP contribution in [-0.4, -0.2) is 12.7 Å². The molecule has 1 heterocycles. The van der Waals surface area contributed by atoms with Crippen LogP contribution in [0.2, 0.25) is 0 Å². The number of ether oxygens (including phenoxy) is 1. The first-order chi connectivity index (χ1) is 9.15. The van der Waals surface area contributed by atoms with Crippen LogP contribution >= 0.6 is 0 Å². The van der Waals surface area contributed by atoms with Crippen molar-refractivity contribution < 1.29 is 4.74 Å². The van der Waals surface area contributed by atoms with Crippen LogP contribution in [0.1, 0.15) is 55.7 Å². The second-order valence-corrected chi connectivity index (χ2v) is 6.45. The molecule has 2 nitrogen and oxygen atoms in total. The molecule has 2 aliphatic rings. The average Bonchev–Trinajstić information content (AvgIpc) is 2.90. The van der Waals surface area contributed by atoms with Crippen molar-refractivity contribution in [2.45, 2.75) is 63.5 Å². The zero-order chi connectivity index (χ0) is 13.3. The van der Waals surface area contributed by atoms with Crippen LogP contribution in [0.5, 0.6) is 0 Å². The number of fused-ring (bicyclic) bond motifs is 1. The molecule has 0 saturated carbocycles. The van der Waals surface area contributed by atoms with E-state index in [2.05, 4.69) is 25.1 Å². The van der Waals surface area contributed by atoms with Crippen molar-refractivity contribution in [3.05, 3.63) is 34.9 Å². The van der Waals surface area contributed by atoms with Crippen LogP contribution in [0.4, 0.5) is 0 Å². The SMILES string of the molecule is CC(N)(CC1CCCO1)c1ccc2c(c1)CCCC2. The molecule has 2 atom stereocenters. The van der Waals surface area contributed by atoms with Gasteiger partial charge in [-0.1, -0.05) is 18.2 Å². The second kappa shape index (κ2) is 5.26. The summed E-state index contributed by atoms with van der Waals surface area (Å²) in [4.78, 5) is 0. The van der Waals surface area contributed by atoms with Gasteiger partial charge in [0.2, 0.25) is 0 Å². The van der Waals surface area contributed by atoms with Gasteiger partial charge in [0.1, 0.15) is 0 Å². The molecular weight excluding hydrogens is 234 g/mol. The molecule has 0 radical (unpaired) electrons. The zero-order valence-corrected chi connectivity index (χ0v) is 12.0. The highest BCUT2D eigenvalue weighted by Crippen LogP contribution is 2.31. The summed E-state index contributed by atoms with van der Waals surface area (Å²) in [6.07, 6.45) is 8.76. The summed E-state index contributed by atoms with van der Waals surface area (Å²) in [5.74, 6) is 0. The Bertz CT molecular complexity index is 447. The van der Waals surface area contributed by atoms with Gasteiger partial charge in [0, 0.05) is 12.1 Å². The minimum Gasteiger partial charge on any atom is -0.378 e. The molecule has 1 aliphatic heterocycles. The monoisotopic (exact) mass is 259 g/mol. The highest BCUT2D eigenvalue weighted by molar-refractivity contribution is 5.36. The minimum absolute atomic E-state index is 0.262. The quantitative estimate of drug-likeness (QED) is 0.904. The summed E-state index contributed by atoms with van der Waals surface area (Å²) in [7, 11) is 0. The van der Waals surface area contributed by atoms with Gasteiger partial charge in [-0.2, -0.15) is 0 Å². The van der Waals surface area contributed by atoms with E-state index in [9.17, 15) is 0 Å². The summed E-state index contributed by atoms with van der Waals surface area (Å²) < 4.78 is 5.74. The Kier molecular flexibility index (Phi) is 3.64. The van der Waals surface area contributed by atoms with Crippen LogP contribution in [0.15, 0.2) is 18.2 Å². The van der Waals surface area contributed by atoms with E-state index in [0.717, 1.165) is 19.4 Å². The molecule has 3 rings (SSSR count). The number of benzene rings is 1. The summed E-state index contributed by atoms with van der Waals surface area (Å²) in [6.45, 7) is 3.06. The Morgan fingerprint density at radius 2 is 2.00 bits per heavy atom. The topological polar surface area (TPSA) is 35.2 Å². The lowest BCUT2D eigenvalue weighted by Gasteiger charge is -2.29. The second-order valence-electron chi connectivity index (χ2n) is 6.45. The van der Waals surface area contributed by atoms with E-state index in [1.807, 2.05) is 0 Å². The Labute approximate surface area is 116 Å².